The Morgan fingerprint density at radius 2 is 2.27 bits per heavy atom. The number of nitrogens with zero attached hydrogens (tertiary/aromatic N) is 1. The van der Waals surface area contributed by atoms with E-state index in [0.29, 0.717) is 10.3 Å². The molecule has 1 amide bonds. The van der Waals surface area contributed by atoms with Crippen LogP contribution in [-0.4, -0.2) is 22.0 Å². The minimum absolute atomic E-state index is 0.473. The third-order valence-corrected chi connectivity index (χ3v) is 2.19. The molecule has 0 spiro atoms. The van der Waals surface area contributed by atoms with E-state index in [1.807, 2.05) is 6.92 Å². The fourth-order valence-electron chi connectivity index (χ4n) is 0.972. The Kier molecular flexibility index (Phi) is 3.79. The zero-order valence-corrected chi connectivity index (χ0v) is 9.54. The molecule has 0 aromatic carbocycles. The first-order valence-electron chi connectivity index (χ1n) is 4.13. The Bertz CT molecular complexity index is 406. The lowest BCUT2D eigenvalue weighted by molar-refractivity contribution is -0.139. The molecule has 0 fully saturated rings. The molecule has 5 nitrogen and oxygen atoms in total. The van der Waals surface area contributed by atoms with Gasteiger partial charge in [0.25, 0.3) is 0 Å². The van der Waals surface area contributed by atoms with Gasteiger partial charge in [0, 0.05) is 6.20 Å². The summed E-state index contributed by atoms with van der Waals surface area (Å²) in [6, 6.07) is 1.71. The third kappa shape index (κ3) is 3.67. The van der Waals surface area contributed by atoms with Crippen molar-refractivity contribution in [3.8, 4) is 0 Å². The highest BCUT2D eigenvalue weighted by Crippen LogP contribution is 2.20. The highest BCUT2D eigenvalue weighted by Gasteiger charge is 2.10. The van der Waals surface area contributed by atoms with E-state index in [0.717, 1.165) is 5.56 Å². The molecule has 0 aliphatic carbocycles. The summed E-state index contributed by atoms with van der Waals surface area (Å²) in [7, 11) is 0. The van der Waals surface area contributed by atoms with Crippen LogP contribution in [0.4, 0.5) is 5.69 Å². The molecule has 0 saturated carbocycles. The molecule has 1 aromatic heterocycles. The number of hydrogen-bond acceptors (Lipinski definition) is 3. The summed E-state index contributed by atoms with van der Waals surface area (Å²) in [6.45, 7) is 1.83. The number of amides is 1. The van der Waals surface area contributed by atoms with Crippen molar-refractivity contribution in [2.24, 2.45) is 0 Å². The highest BCUT2D eigenvalue weighted by atomic mass is 79.9. The number of nitrogens with one attached hydrogen (secondary N) is 1. The van der Waals surface area contributed by atoms with Crippen LogP contribution in [-0.2, 0) is 9.59 Å². The quantitative estimate of drug-likeness (QED) is 0.647. The van der Waals surface area contributed by atoms with Crippen molar-refractivity contribution >= 4 is 33.5 Å². The van der Waals surface area contributed by atoms with Gasteiger partial charge in [-0.2, -0.15) is 0 Å². The topological polar surface area (TPSA) is 79.3 Å². The molecule has 1 heterocycles. The van der Waals surface area contributed by atoms with Crippen molar-refractivity contribution in [3.05, 3.63) is 22.4 Å². The van der Waals surface area contributed by atoms with E-state index in [1.54, 1.807) is 12.3 Å². The van der Waals surface area contributed by atoms with Crippen LogP contribution < -0.4 is 5.32 Å². The largest absolute Gasteiger partial charge is 0.481 e. The van der Waals surface area contributed by atoms with E-state index in [2.05, 4.69) is 26.2 Å². The first kappa shape index (κ1) is 11.6. The van der Waals surface area contributed by atoms with E-state index < -0.39 is 18.3 Å². The number of carboxylic acid groups (broad SMARTS) is 1. The van der Waals surface area contributed by atoms with E-state index in [4.69, 9.17) is 5.11 Å². The highest BCUT2D eigenvalue weighted by molar-refractivity contribution is 9.10. The number of hydrogen-bond donors (Lipinski definition) is 2. The van der Waals surface area contributed by atoms with Crippen molar-refractivity contribution in [2.45, 2.75) is 13.3 Å². The van der Waals surface area contributed by atoms with Gasteiger partial charge in [-0.1, -0.05) is 0 Å². The molecule has 1 rings (SSSR count). The third-order valence-electron chi connectivity index (χ3n) is 1.56. The first-order valence-corrected chi connectivity index (χ1v) is 4.92. The van der Waals surface area contributed by atoms with Gasteiger partial charge >= 0.3 is 5.97 Å². The second-order valence-corrected chi connectivity index (χ2v) is 3.72. The van der Waals surface area contributed by atoms with Gasteiger partial charge in [-0.3, -0.25) is 9.59 Å². The van der Waals surface area contributed by atoms with E-state index in [-0.39, 0.29) is 0 Å². The van der Waals surface area contributed by atoms with Gasteiger partial charge in [-0.25, -0.2) is 4.98 Å². The average molecular weight is 273 g/mol. The second-order valence-electron chi connectivity index (χ2n) is 2.97. The zero-order chi connectivity index (χ0) is 11.4. The predicted molar refractivity (Wildman–Crippen MR) is 57.6 cm³/mol. The predicted octanol–water partition coefficient (Wildman–Crippen LogP) is 1.57. The van der Waals surface area contributed by atoms with Crippen LogP contribution >= 0.6 is 15.9 Å². The fraction of sp³-hybridized carbons (Fsp3) is 0.222. The number of carbonyl (C=O) groups is 2. The van der Waals surface area contributed by atoms with Gasteiger partial charge in [0.1, 0.15) is 11.0 Å². The van der Waals surface area contributed by atoms with E-state index in [1.165, 1.54) is 0 Å². The van der Waals surface area contributed by atoms with Crippen LogP contribution in [0.15, 0.2) is 16.9 Å². The molecule has 2 N–H and O–H groups in total. The number of carbonyl (C=O) groups excluding carboxylic acids is 1. The summed E-state index contributed by atoms with van der Waals surface area (Å²) in [5.74, 6) is -1.74. The van der Waals surface area contributed by atoms with Crippen molar-refractivity contribution in [1.82, 2.24) is 4.98 Å². The summed E-state index contributed by atoms with van der Waals surface area (Å²) in [4.78, 5) is 25.4. The lowest BCUT2D eigenvalue weighted by atomic mass is 10.3. The normalized spacial score (nSPS) is 9.73. The lowest BCUT2D eigenvalue weighted by Gasteiger charge is -2.05. The van der Waals surface area contributed by atoms with E-state index >= 15 is 0 Å². The molecule has 6 heteroatoms. The Hall–Kier alpha value is -1.43. The number of anilines is 1. The lowest BCUT2D eigenvalue weighted by Crippen LogP contribution is -2.16. The maximum atomic E-state index is 11.1. The molecule has 0 bridgehead atoms. The Morgan fingerprint density at radius 3 is 2.87 bits per heavy atom. The maximum absolute atomic E-state index is 11.1. The van der Waals surface area contributed by atoms with Crippen molar-refractivity contribution in [2.75, 3.05) is 5.32 Å². The van der Waals surface area contributed by atoms with Crippen LogP contribution in [0.1, 0.15) is 12.0 Å². The SMILES string of the molecule is Cc1cnc(Br)c(NC(=O)CC(=O)O)c1. The molecule has 0 aliphatic heterocycles. The molecule has 1 aromatic rings. The van der Waals surface area contributed by atoms with Crippen LogP contribution in [0.5, 0.6) is 0 Å². The number of aromatic nitrogens is 1. The Balaban J connectivity index is 2.76. The molecule has 0 radical (unpaired) electrons. The molecule has 80 valence electrons. The minimum Gasteiger partial charge on any atom is -0.481 e. The van der Waals surface area contributed by atoms with Gasteiger partial charge in [0.2, 0.25) is 5.91 Å². The fourth-order valence-corrected chi connectivity index (χ4v) is 1.29. The number of pyridine rings is 1. The monoisotopic (exact) mass is 272 g/mol. The number of carboxylic acids is 1. The van der Waals surface area contributed by atoms with Gasteiger partial charge in [0.05, 0.1) is 5.69 Å². The van der Waals surface area contributed by atoms with E-state index in [9.17, 15) is 9.59 Å². The smallest absolute Gasteiger partial charge is 0.312 e. The van der Waals surface area contributed by atoms with Crippen molar-refractivity contribution in [3.63, 3.8) is 0 Å². The Morgan fingerprint density at radius 1 is 1.60 bits per heavy atom. The summed E-state index contributed by atoms with van der Waals surface area (Å²) < 4.78 is 0.479. The minimum atomic E-state index is -1.16. The molecule has 0 atom stereocenters. The second kappa shape index (κ2) is 4.88. The van der Waals surface area contributed by atoms with Crippen LogP contribution in [0.3, 0.4) is 0 Å². The number of aryl methyl sites for hydroxylation is 1. The van der Waals surface area contributed by atoms with Gasteiger partial charge in [-0.15, -0.1) is 0 Å². The number of halogens is 1. The average Bonchev–Trinajstić information content (AvgIpc) is 2.10. The molecule has 15 heavy (non-hydrogen) atoms. The zero-order valence-electron chi connectivity index (χ0n) is 7.95. The standard InChI is InChI=1S/C9H9BrN2O3/c1-5-2-6(9(10)11-4-5)12-7(13)3-8(14)15/h2,4H,3H2,1H3,(H,12,13)(H,14,15). The number of rotatable bonds is 3. The maximum Gasteiger partial charge on any atom is 0.312 e. The van der Waals surface area contributed by atoms with Crippen molar-refractivity contribution in [1.29, 1.82) is 0 Å². The molecule has 0 unspecified atom stereocenters. The Labute approximate surface area is 94.6 Å². The molecular formula is C9H9BrN2O3. The van der Waals surface area contributed by atoms with Crippen LogP contribution in [0, 0.1) is 6.92 Å². The van der Waals surface area contributed by atoms with Gasteiger partial charge < -0.3 is 10.4 Å². The number of aliphatic carboxylic acids is 1. The molecule has 0 aliphatic rings. The van der Waals surface area contributed by atoms with Crippen LogP contribution in [0.2, 0.25) is 0 Å². The summed E-state index contributed by atoms with van der Waals surface area (Å²) in [6.07, 6.45) is 1.08. The first-order chi connectivity index (χ1) is 6.99. The van der Waals surface area contributed by atoms with Gasteiger partial charge in [0.15, 0.2) is 0 Å². The molecular weight excluding hydrogens is 264 g/mol. The summed E-state index contributed by atoms with van der Waals surface area (Å²) in [5, 5.41) is 10.9. The van der Waals surface area contributed by atoms with Crippen LogP contribution in [0.25, 0.3) is 0 Å². The van der Waals surface area contributed by atoms with Crippen molar-refractivity contribution < 1.29 is 14.7 Å². The summed E-state index contributed by atoms with van der Waals surface area (Å²) >= 11 is 3.15. The molecule has 0 saturated heterocycles. The van der Waals surface area contributed by atoms with Gasteiger partial charge in [-0.05, 0) is 34.5 Å². The summed E-state index contributed by atoms with van der Waals surface area (Å²) in [5.41, 5.74) is 1.35.